The first kappa shape index (κ1) is 19.5. The predicted molar refractivity (Wildman–Crippen MR) is 99.5 cm³/mol. The van der Waals surface area contributed by atoms with E-state index in [0.29, 0.717) is 6.04 Å². The van der Waals surface area contributed by atoms with Crippen LogP contribution in [0.5, 0.6) is 0 Å². The quantitative estimate of drug-likeness (QED) is 0.451. The lowest BCUT2D eigenvalue weighted by Crippen LogP contribution is -2.45. The first-order valence-electron chi connectivity index (χ1n) is 6.58. The van der Waals surface area contributed by atoms with Crippen molar-refractivity contribution in [1.29, 1.82) is 0 Å². The Bertz CT molecular complexity index is 444. The zero-order chi connectivity index (χ0) is 14.5. The summed E-state index contributed by atoms with van der Waals surface area (Å²) >= 11 is 6.05. The van der Waals surface area contributed by atoms with Gasteiger partial charge in [-0.3, -0.25) is 4.99 Å². The van der Waals surface area contributed by atoms with E-state index in [1.807, 2.05) is 18.2 Å². The van der Waals surface area contributed by atoms with Gasteiger partial charge >= 0.3 is 0 Å². The van der Waals surface area contributed by atoms with Crippen molar-refractivity contribution in [3.8, 4) is 0 Å². The number of nitrogens with zero attached hydrogens (tertiary/aromatic N) is 1. The van der Waals surface area contributed by atoms with Crippen LogP contribution >= 0.6 is 35.6 Å². The van der Waals surface area contributed by atoms with Gasteiger partial charge in [-0.15, -0.1) is 24.0 Å². The van der Waals surface area contributed by atoms with Crippen LogP contribution in [0, 0.1) is 0 Å². The lowest BCUT2D eigenvalue weighted by Gasteiger charge is -2.27. The van der Waals surface area contributed by atoms with E-state index in [4.69, 9.17) is 11.6 Å². The van der Waals surface area contributed by atoms with Crippen LogP contribution in [0.4, 0.5) is 0 Å². The third-order valence-corrected chi connectivity index (χ3v) is 3.19. The lowest BCUT2D eigenvalue weighted by atomic mass is 9.84. The van der Waals surface area contributed by atoms with Gasteiger partial charge in [0.1, 0.15) is 0 Å². The second-order valence-electron chi connectivity index (χ2n) is 5.62. The minimum Gasteiger partial charge on any atom is -0.356 e. The lowest BCUT2D eigenvalue weighted by molar-refractivity contribution is 0.506. The van der Waals surface area contributed by atoms with Crippen molar-refractivity contribution in [1.82, 2.24) is 10.6 Å². The highest BCUT2D eigenvalue weighted by Gasteiger charge is 2.21. The average molecular weight is 410 g/mol. The summed E-state index contributed by atoms with van der Waals surface area (Å²) < 4.78 is 0. The largest absolute Gasteiger partial charge is 0.356 e. The van der Waals surface area contributed by atoms with Crippen molar-refractivity contribution in [2.75, 3.05) is 13.6 Å². The molecule has 0 heterocycles. The van der Waals surface area contributed by atoms with E-state index in [2.05, 4.69) is 49.4 Å². The smallest absolute Gasteiger partial charge is 0.191 e. The molecular weight excluding hydrogens is 385 g/mol. The Morgan fingerprint density at radius 1 is 1.35 bits per heavy atom. The third kappa shape index (κ3) is 6.31. The van der Waals surface area contributed by atoms with Gasteiger partial charge < -0.3 is 10.6 Å². The van der Waals surface area contributed by atoms with Gasteiger partial charge in [-0.05, 0) is 31.5 Å². The summed E-state index contributed by atoms with van der Waals surface area (Å²) in [5.41, 5.74) is 1.20. The molecule has 0 bridgehead atoms. The molecule has 0 aromatic heterocycles. The highest BCUT2D eigenvalue weighted by Crippen LogP contribution is 2.24. The van der Waals surface area contributed by atoms with Crippen molar-refractivity contribution >= 4 is 41.5 Å². The van der Waals surface area contributed by atoms with E-state index in [-0.39, 0.29) is 29.4 Å². The standard InChI is InChI=1S/C15H24ClN3.HI/c1-11(2)19-14(17-5)18-10-15(3,4)12-7-6-8-13(16)9-12;/h6-9,11H,10H2,1-5H3,(H2,17,18,19);1H. The van der Waals surface area contributed by atoms with Gasteiger partial charge in [-0.1, -0.05) is 37.6 Å². The van der Waals surface area contributed by atoms with Crippen molar-refractivity contribution in [3.05, 3.63) is 34.9 Å². The first-order chi connectivity index (χ1) is 8.85. The second kappa shape index (κ2) is 8.72. The van der Waals surface area contributed by atoms with Crippen molar-refractivity contribution in [2.24, 2.45) is 4.99 Å². The summed E-state index contributed by atoms with van der Waals surface area (Å²) in [7, 11) is 1.78. The van der Waals surface area contributed by atoms with Crippen LogP contribution < -0.4 is 10.6 Å². The first-order valence-corrected chi connectivity index (χ1v) is 6.96. The molecule has 0 fully saturated rings. The fourth-order valence-corrected chi connectivity index (χ4v) is 1.97. The third-order valence-electron chi connectivity index (χ3n) is 2.95. The zero-order valence-electron chi connectivity index (χ0n) is 12.8. The summed E-state index contributed by atoms with van der Waals surface area (Å²) in [5, 5.41) is 7.41. The molecular formula is C15H25ClIN3. The molecule has 0 aliphatic rings. The van der Waals surface area contributed by atoms with Crippen molar-refractivity contribution < 1.29 is 0 Å². The Morgan fingerprint density at radius 2 is 2.00 bits per heavy atom. The van der Waals surface area contributed by atoms with E-state index in [9.17, 15) is 0 Å². The second-order valence-corrected chi connectivity index (χ2v) is 6.06. The minimum atomic E-state index is -0.0144. The minimum absolute atomic E-state index is 0. The summed E-state index contributed by atoms with van der Waals surface area (Å²) in [6, 6.07) is 8.36. The van der Waals surface area contributed by atoms with Gasteiger partial charge in [0.25, 0.3) is 0 Å². The molecule has 1 aromatic rings. The van der Waals surface area contributed by atoms with Crippen LogP contribution in [0.3, 0.4) is 0 Å². The van der Waals surface area contributed by atoms with Gasteiger partial charge in [-0.25, -0.2) is 0 Å². The number of aliphatic imine (C=N–C) groups is 1. The van der Waals surface area contributed by atoms with Crippen LogP contribution in [-0.4, -0.2) is 25.6 Å². The Morgan fingerprint density at radius 3 is 2.50 bits per heavy atom. The number of guanidine groups is 1. The van der Waals surface area contributed by atoms with Gasteiger partial charge in [0.2, 0.25) is 0 Å². The topological polar surface area (TPSA) is 36.4 Å². The Hall–Kier alpha value is -0.490. The molecule has 0 saturated heterocycles. The molecule has 114 valence electrons. The summed E-state index contributed by atoms with van der Waals surface area (Å²) in [4.78, 5) is 4.21. The Balaban J connectivity index is 0.00000361. The molecule has 20 heavy (non-hydrogen) atoms. The maximum atomic E-state index is 6.05. The van der Waals surface area contributed by atoms with Crippen molar-refractivity contribution in [2.45, 2.75) is 39.2 Å². The molecule has 0 atom stereocenters. The molecule has 0 aliphatic heterocycles. The number of hydrogen-bond acceptors (Lipinski definition) is 1. The van der Waals surface area contributed by atoms with Gasteiger partial charge in [-0.2, -0.15) is 0 Å². The van der Waals surface area contributed by atoms with E-state index in [0.717, 1.165) is 17.5 Å². The van der Waals surface area contributed by atoms with Gasteiger partial charge in [0.05, 0.1) is 0 Å². The molecule has 5 heteroatoms. The maximum absolute atomic E-state index is 6.05. The fourth-order valence-electron chi connectivity index (χ4n) is 1.78. The van der Waals surface area contributed by atoms with Crippen LogP contribution in [0.25, 0.3) is 0 Å². The Labute approximate surface area is 144 Å². The van der Waals surface area contributed by atoms with Gasteiger partial charge in [0, 0.05) is 30.1 Å². The number of hydrogen-bond donors (Lipinski definition) is 2. The van der Waals surface area contributed by atoms with E-state index in [1.54, 1.807) is 7.05 Å². The molecule has 3 nitrogen and oxygen atoms in total. The molecule has 2 N–H and O–H groups in total. The maximum Gasteiger partial charge on any atom is 0.191 e. The molecule has 0 amide bonds. The van der Waals surface area contributed by atoms with E-state index in [1.165, 1.54) is 5.56 Å². The monoisotopic (exact) mass is 409 g/mol. The SMILES string of the molecule is CN=C(NCC(C)(C)c1cccc(Cl)c1)NC(C)C.I. The molecule has 0 spiro atoms. The molecule has 0 aliphatic carbocycles. The molecule has 0 saturated carbocycles. The van der Waals surface area contributed by atoms with Crippen molar-refractivity contribution in [3.63, 3.8) is 0 Å². The van der Waals surface area contributed by atoms with E-state index >= 15 is 0 Å². The molecule has 0 unspecified atom stereocenters. The summed E-state index contributed by atoms with van der Waals surface area (Å²) in [6.07, 6.45) is 0. The van der Waals surface area contributed by atoms with Gasteiger partial charge in [0.15, 0.2) is 5.96 Å². The van der Waals surface area contributed by atoms with Crippen LogP contribution in [0.1, 0.15) is 33.3 Å². The number of benzene rings is 1. The highest BCUT2D eigenvalue weighted by molar-refractivity contribution is 14.0. The predicted octanol–water partition coefficient (Wildman–Crippen LogP) is 3.81. The summed E-state index contributed by atoms with van der Waals surface area (Å²) in [6.45, 7) is 9.35. The van der Waals surface area contributed by atoms with Crippen LogP contribution in [-0.2, 0) is 5.41 Å². The number of halogens is 2. The average Bonchev–Trinajstić information content (AvgIpc) is 2.34. The number of rotatable bonds is 4. The van der Waals surface area contributed by atoms with E-state index < -0.39 is 0 Å². The highest BCUT2D eigenvalue weighted by atomic mass is 127. The normalized spacial score (nSPS) is 12.1. The molecule has 1 rings (SSSR count). The Kier molecular flexibility index (Phi) is 8.51. The molecule has 0 radical (unpaired) electrons. The molecule has 1 aromatic carbocycles. The van der Waals surface area contributed by atoms with Crippen LogP contribution in [0.2, 0.25) is 5.02 Å². The fraction of sp³-hybridized carbons (Fsp3) is 0.533. The van der Waals surface area contributed by atoms with Crippen LogP contribution in [0.15, 0.2) is 29.3 Å². The summed E-state index contributed by atoms with van der Waals surface area (Å²) in [5.74, 6) is 0.824. The number of nitrogens with one attached hydrogen (secondary N) is 2. The zero-order valence-corrected chi connectivity index (χ0v) is 15.9.